The van der Waals surface area contributed by atoms with Gasteiger partial charge in [-0.3, -0.25) is 9.69 Å². The predicted molar refractivity (Wildman–Crippen MR) is 104 cm³/mol. The number of pyridine rings is 1. The van der Waals surface area contributed by atoms with Gasteiger partial charge in [0.25, 0.3) is 5.91 Å². The Morgan fingerprint density at radius 3 is 2.90 bits per heavy atom. The highest BCUT2D eigenvalue weighted by Crippen LogP contribution is 2.53. The molecule has 7 nitrogen and oxygen atoms in total. The third-order valence-corrected chi connectivity index (χ3v) is 6.18. The normalized spacial score (nSPS) is 30.6. The van der Waals surface area contributed by atoms with Crippen molar-refractivity contribution in [2.45, 2.75) is 31.1 Å². The zero-order valence-electron chi connectivity index (χ0n) is 16.1. The number of nitrogens with zero attached hydrogens (tertiary/aromatic N) is 3. The zero-order chi connectivity index (χ0) is 20.3. The summed E-state index contributed by atoms with van der Waals surface area (Å²) in [5.74, 6) is -0.432. The Balaban J connectivity index is 1.76. The summed E-state index contributed by atoms with van der Waals surface area (Å²) in [5.41, 5.74) is 6.33. The Hall–Kier alpha value is -3.00. The van der Waals surface area contributed by atoms with E-state index in [2.05, 4.69) is 9.98 Å². The van der Waals surface area contributed by atoms with Gasteiger partial charge in [0.15, 0.2) is 11.5 Å². The first kappa shape index (κ1) is 18.1. The number of fused-ring (bicyclic) bond motifs is 4. The molecule has 0 bridgehead atoms. The molecule has 8 heteroatoms. The average molecular weight is 396 g/mol. The number of benzene rings is 1. The SMILES string of the molecule is C[C@H]1OCC[C@H]2Oc3ccc(-c4cccnc4F)cc3[C@]3(N=C(N)N(C)C3=O)C12. The van der Waals surface area contributed by atoms with Crippen LogP contribution in [-0.4, -0.2) is 47.6 Å². The number of aliphatic imine (C=N–C) groups is 1. The molecule has 3 aliphatic heterocycles. The van der Waals surface area contributed by atoms with Crippen molar-refractivity contribution in [1.82, 2.24) is 9.88 Å². The summed E-state index contributed by atoms with van der Waals surface area (Å²) < 4.78 is 26.5. The van der Waals surface area contributed by atoms with Gasteiger partial charge in [-0.05, 0) is 36.8 Å². The van der Waals surface area contributed by atoms with E-state index in [1.807, 2.05) is 6.92 Å². The third kappa shape index (κ3) is 2.42. The average Bonchev–Trinajstić information content (AvgIpc) is 2.93. The maximum absolute atomic E-state index is 14.3. The Morgan fingerprint density at radius 1 is 1.34 bits per heavy atom. The van der Waals surface area contributed by atoms with Crippen LogP contribution in [0.2, 0.25) is 0 Å². The molecule has 1 aromatic heterocycles. The molecule has 29 heavy (non-hydrogen) atoms. The standard InChI is InChI=1S/C21H21FN4O3/c1-11-17-16(7-9-28-11)29-15-6-5-12(13-4-3-8-24-18(13)22)10-14(15)21(17)19(27)26(2)20(23)25-21/h3-6,8,10-11,16-17H,7,9H2,1-2H3,(H2,23,25)/t11-,16-,17?,21+/m1/s1. The molecule has 0 saturated carbocycles. The maximum atomic E-state index is 14.3. The fourth-order valence-electron chi connectivity index (χ4n) is 4.79. The lowest BCUT2D eigenvalue weighted by Crippen LogP contribution is -2.58. The fraction of sp³-hybridized carbons (Fsp3) is 0.381. The Kier molecular flexibility index (Phi) is 3.89. The lowest BCUT2D eigenvalue weighted by atomic mass is 9.68. The van der Waals surface area contributed by atoms with Crippen molar-refractivity contribution in [1.29, 1.82) is 0 Å². The highest BCUT2D eigenvalue weighted by Gasteiger charge is 2.62. The van der Waals surface area contributed by atoms with Crippen LogP contribution in [0.4, 0.5) is 4.39 Å². The van der Waals surface area contributed by atoms with E-state index < -0.39 is 11.5 Å². The number of carbonyl (C=O) groups is 1. The molecule has 1 unspecified atom stereocenters. The second-order valence-corrected chi connectivity index (χ2v) is 7.70. The van der Waals surface area contributed by atoms with Gasteiger partial charge >= 0.3 is 0 Å². The van der Waals surface area contributed by atoms with Crippen LogP contribution in [0.3, 0.4) is 0 Å². The number of hydrogen-bond acceptors (Lipinski definition) is 6. The molecule has 150 valence electrons. The van der Waals surface area contributed by atoms with E-state index in [9.17, 15) is 9.18 Å². The highest BCUT2D eigenvalue weighted by atomic mass is 19.1. The summed E-state index contributed by atoms with van der Waals surface area (Å²) in [6, 6.07) is 8.62. The van der Waals surface area contributed by atoms with E-state index in [0.29, 0.717) is 35.5 Å². The van der Waals surface area contributed by atoms with Gasteiger partial charge in [-0.2, -0.15) is 4.39 Å². The van der Waals surface area contributed by atoms with Gasteiger partial charge in [0.1, 0.15) is 11.9 Å². The summed E-state index contributed by atoms with van der Waals surface area (Å²) >= 11 is 0. The van der Waals surface area contributed by atoms with Gasteiger partial charge in [-0.25, -0.2) is 9.98 Å². The number of likely N-dealkylation sites (N-methyl/N-ethyl adjacent to an activating group) is 1. The van der Waals surface area contributed by atoms with Crippen LogP contribution < -0.4 is 10.5 Å². The van der Waals surface area contributed by atoms with Gasteiger partial charge in [-0.1, -0.05) is 6.07 Å². The smallest absolute Gasteiger partial charge is 0.262 e. The number of carbonyl (C=O) groups excluding carboxylic acids is 1. The quantitative estimate of drug-likeness (QED) is 0.746. The van der Waals surface area contributed by atoms with Gasteiger partial charge in [-0.15, -0.1) is 0 Å². The molecule has 2 aromatic rings. The minimum atomic E-state index is -1.26. The Bertz CT molecular complexity index is 1040. The van der Waals surface area contributed by atoms with Crippen LogP contribution in [0.5, 0.6) is 5.75 Å². The Morgan fingerprint density at radius 2 is 2.17 bits per heavy atom. The lowest BCUT2D eigenvalue weighted by molar-refractivity contribution is -0.149. The number of aromatic nitrogens is 1. The number of amides is 1. The molecule has 4 heterocycles. The lowest BCUT2D eigenvalue weighted by Gasteiger charge is -2.48. The maximum Gasteiger partial charge on any atom is 0.262 e. The monoisotopic (exact) mass is 396 g/mol. The van der Waals surface area contributed by atoms with Gasteiger partial charge in [0, 0.05) is 30.8 Å². The van der Waals surface area contributed by atoms with Gasteiger partial charge in [0.2, 0.25) is 5.95 Å². The van der Waals surface area contributed by atoms with Gasteiger partial charge in [0.05, 0.1) is 18.6 Å². The van der Waals surface area contributed by atoms with E-state index >= 15 is 0 Å². The second-order valence-electron chi connectivity index (χ2n) is 7.70. The van der Waals surface area contributed by atoms with Crippen LogP contribution in [-0.2, 0) is 15.1 Å². The summed E-state index contributed by atoms with van der Waals surface area (Å²) in [4.78, 5) is 23.3. The van der Waals surface area contributed by atoms with Crippen LogP contribution in [0.1, 0.15) is 18.9 Å². The van der Waals surface area contributed by atoms with Crippen LogP contribution in [0.15, 0.2) is 41.5 Å². The molecule has 3 aliphatic rings. The van der Waals surface area contributed by atoms with E-state index in [0.717, 1.165) is 0 Å². The van der Waals surface area contributed by atoms with Crippen molar-refractivity contribution in [3.8, 4) is 16.9 Å². The zero-order valence-corrected chi connectivity index (χ0v) is 16.1. The first-order valence-electron chi connectivity index (χ1n) is 9.60. The Labute approximate surface area is 167 Å². The van der Waals surface area contributed by atoms with E-state index in [-0.39, 0.29) is 30.0 Å². The predicted octanol–water partition coefficient (Wildman–Crippen LogP) is 2.06. The van der Waals surface area contributed by atoms with Crippen molar-refractivity contribution in [3.63, 3.8) is 0 Å². The molecule has 2 N–H and O–H groups in total. The molecule has 0 aliphatic carbocycles. The summed E-state index contributed by atoms with van der Waals surface area (Å²) in [7, 11) is 1.61. The van der Waals surface area contributed by atoms with Crippen molar-refractivity contribution >= 4 is 11.9 Å². The molecule has 5 rings (SSSR count). The number of guanidine groups is 1. The molecule has 4 atom stereocenters. The minimum absolute atomic E-state index is 0.150. The molecule has 1 spiro atoms. The van der Waals surface area contributed by atoms with Crippen LogP contribution in [0, 0.1) is 11.9 Å². The number of ether oxygens (including phenoxy) is 2. The van der Waals surface area contributed by atoms with E-state index in [1.165, 1.54) is 11.1 Å². The summed E-state index contributed by atoms with van der Waals surface area (Å²) in [6.07, 6.45) is 1.57. The molecule has 1 saturated heterocycles. The number of hydrogen-bond donors (Lipinski definition) is 1. The second kappa shape index (κ2) is 6.25. The van der Waals surface area contributed by atoms with Gasteiger partial charge < -0.3 is 15.2 Å². The van der Waals surface area contributed by atoms with Crippen molar-refractivity contribution < 1.29 is 18.7 Å². The number of halogens is 1. The number of rotatable bonds is 1. The first-order valence-corrected chi connectivity index (χ1v) is 9.60. The molecular weight excluding hydrogens is 375 g/mol. The molecule has 0 radical (unpaired) electrons. The van der Waals surface area contributed by atoms with E-state index in [4.69, 9.17) is 15.2 Å². The topological polar surface area (TPSA) is 90.0 Å². The molecule has 1 fully saturated rings. The fourth-order valence-corrected chi connectivity index (χ4v) is 4.79. The van der Waals surface area contributed by atoms with E-state index in [1.54, 1.807) is 37.4 Å². The van der Waals surface area contributed by atoms with Crippen molar-refractivity contribution in [2.24, 2.45) is 16.6 Å². The van der Waals surface area contributed by atoms with Crippen LogP contribution in [0.25, 0.3) is 11.1 Å². The van der Waals surface area contributed by atoms with Crippen molar-refractivity contribution in [2.75, 3.05) is 13.7 Å². The molecular formula is C21H21FN4O3. The highest BCUT2D eigenvalue weighted by molar-refractivity contribution is 6.07. The number of nitrogens with two attached hydrogens (primary N) is 1. The first-order chi connectivity index (χ1) is 13.9. The van der Waals surface area contributed by atoms with Crippen LogP contribution >= 0.6 is 0 Å². The van der Waals surface area contributed by atoms with Crippen molar-refractivity contribution in [3.05, 3.63) is 48.0 Å². The molecule has 1 amide bonds. The summed E-state index contributed by atoms with van der Waals surface area (Å²) in [6.45, 7) is 2.48. The minimum Gasteiger partial charge on any atom is -0.489 e. The largest absolute Gasteiger partial charge is 0.489 e. The molecule has 1 aromatic carbocycles. The third-order valence-electron chi connectivity index (χ3n) is 6.18. The summed E-state index contributed by atoms with van der Waals surface area (Å²) in [5, 5.41) is 0.